The summed E-state index contributed by atoms with van der Waals surface area (Å²) >= 11 is 0. The molecule has 6 heteroatoms. The van der Waals surface area contributed by atoms with Crippen LogP contribution in [-0.4, -0.2) is 28.3 Å². The molecule has 30 heavy (non-hydrogen) atoms. The molecule has 164 valence electrons. The SMILES string of the molecule is CCc1ccc(C(C)NC(=O)COC(=O)CCc2c(C)nn(CC(C)C)c2C)cc1. The Morgan fingerprint density at radius 3 is 2.40 bits per heavy atom. The fourth-order valence-corrected chi connectivity index (χ4v) is 3.47. The molecular formula is C24H35N3O3. The van der Waals surface area contributed by atoms with E-state index in [4.69, 9.17) is 4.74 Å². The molecule has 0 aliphatic rings. The van der Waals surface area contributed by atoms with Crippen LogP contribution in [0.25, 0.3) is 0 Å². The summed E-state index contributed by atoms with van der Waals surface area (Å²) in [6.07, 6.45) is 1.78. The zero-order chi connectivity index (χ0) is 22.3. The number of aromatic nitrogens is 2. The number of esters is 1. The maximum absolute atomic E-state index is 12.1. The van der Waals surface area contributed by atoms with E-state index in [1.165, 1.54) is 5.56 Å². The average Bonchev–Trinajstić information content (AvgIpc) is 2.96. The molecule has 0 saturated carbocycles. The monoisotopic (exact) mass is 413 g/mol. The van der Waals surface area contributed by atoms with Crippen LogP contribution in [0.3, 0.4) is 0 Å². The largest absolute Gasteiger partial charge is 0.456 e. The van der Waals surface area contributed by atoms with E-state index in [0.717, 1.165) is 35.5 Å². The summed E-state index contributed by atoms with van der Waals surface area (Å²) in [5.74, 6) is -0.167. The smallest absolute Gasteiger partial charge is 0.306 e. The molecule has 0 bridgehead atoms. The molecule has 1 N–H and O–H groups in total. The fraction of sp³-hybridized carbons (Fsp3) is 0.542. The lowest BCUT2D eigenvalue weighted by Crippen LogP contribution is -2.31. The van der Waals surface area contributed by atoms with Gasteiger partial charge in [0.05, 0.1) is 11.7 Å². The number of amides is 1. The van der Waals surface area contributed by atoms with Crippen LogP contribution in [0.5, 0.6) is 0 Å². The lowest BCUT2D eigenvalue weighted by atomic mass is 10.1. The topological polar surface area (TPSA) is 73.2 Å². The number of rotatable bonds is 10. The second kappa shape index (κ2) is 11.0. The molecule has 1 heterocycles. The first-order valence-corrected chi connectivity index (χ1v) is 10.8. The molecule has 1 aromatic heterocycles. The van der Waals surface area contributed by atoms with Gasteiger partial charge in [-0.25, -0.2) is 0 Å². The maximum atomic E-state index is 12.1. The first-order chi connectivity index (χ1) is 14.2. The molecule has 1 aromatic carbocycles. The number of benzene rings is 1. The third-order valence-corrected chi connectivity index (χ3v) is 5.28. The summed E-state index contributed by atoms with van der Waals surface area (Å²) < 4.78 is 7.17. The lowest BCUT2D eigenvalue weighted by Gasteiger charge is -2.15. The Hall–Kier alpha value is -2.63. The molecule has 2 aromatic rings. The van der Waals surface area contributed by atoms with Gasteiger partial charge in [-0.05, 0) is 56.2 Å². The number of hydrogen-bond acceptors (Lipinski definition) is 4. The maximum Gasteiger partial charge on any atom is 0.306 e. The highest BCUT2D eigenvalue weighted by Gasteiger charge is 2.16. The van der Waals surface area contributed by atoms with Crippen LogP contribution in [0.1, 0.15) is 68.2 Å². The first kappa shape index (κ1) is 23.6. The third kappa shape index (κ3) is 6.71. The quantitative estimate of drug-likeness (QED) is 0.596. The second-order valence-corrected chi connectivity index (χ2v) is 8.27. The van der Waals surface area contributed by atoms with E-state index in [1.54, 1.807) is 0 Å². The van der Waals surface area contributed by atoms with Gasteiger partial charge in [-0.3, -0.25) is 14.3 Å². The zero-order valence-electron chi connectivity index (χ0n) is 19.1. The number of hydrogen-bond donors (Lipinski definition) is 1. The van der Waals surface area contributed by atoms with Crippen molar-refractivity contribution >= 4 is 11.9 Å². The van der Waals surface area contributed by atoms with Gasteiger partial charge in [-0.2, -0.15) is 5.10 Å². The van der Waals surface area contributed by atoms with Crippen LogP contribution in [-0.2, 0) is 33.7 Å². The number of carbonyl (C=O) groups excluding carboxylic acids is 2. The summed E-state index contributed by atoms with van der Waals surface area (Å²) in [6.45, 7) is 12.9. The Morgan fingerprint density at radius 1 is 1.13 bits per heavy atom. The first-order valence-electron chi connectivity index (χ1n) is 10.8. The van der Waals surface area contributed by atoms with Crippen molar-refractivity contribution in [3.05, 3.63) is 52.3 Å². The van der Waals surface area contributed by atoms with Crippen molar-refractivity contribution in [1.82, 2.24) is 15.1 Å². The molecule has 0 spiro atoms. The van der Waals surface area contributed by atoms with E-state index >= 15 is 0 Å². The highest BCUT2D eigenvalue weighted by Crippen LogP contribution is 2.17. The number of carbonyl (C=O) groups is 2. The standard InChI is InChI=1S/C24H35N3O3/c1-7-20-8-10-21(11-9-20)17(4)25-23(28)15-30-24(29)13-12-22-18(5)26-27(19(22)6)14-16(2)3/h8-11,16-17H,7,12-15H2,1-6H3,(H,25,28). The van der Waals surface area contributed by atoms with Gasteiger partial charge in [-0.1, -0.05) is 45.0 Å². The van der Waals surface area contributed by atoms with Crippen molar-refractivity contribution in [2.75, 3.05) is 6.61 Å². The van der Waals surface area contributed by atoms with E-state index in [2.05, 4.69) is 43.3 Å². The summed E-state index contributed by atoms with van der Waals surface area (Å²) in [4.78, 5) is 24.3. The highest BCUT2D eigenvalue weighted by molar-refractivity contribution is 5.80. The van der Waals surface area contributed by atoms with Crippen molar-refractivity contribution in [3.8, 4) is 0 Å². The van der Waals surface area contributed by atoms with E-state index in [0.29, 0.717) is 12.3 Å². The number of ether oxygens (including phenoxy) is 1. The van der Waals surface area contributed by atoms with Gasteiger partial charge in [0, 0.05) is 18.7 Å². The van der Waals surface area contributed by atoms with Crippen molar-refractivity contribution in [3.63, 3.8) is 0 Å². The van der Waals surface area contributed by atoms with Crippen LogP contribution in [0.2, 0.25) is 0 Å². The lowest BCUT2D eigenvalue weighted by molar-refractivity contribution is -0.148. The van der Waals surface area contributed by atoms with Crippen molar-refractivity contribution < 1.29 is 14.3 Å². The average molecular weight is 414 g/mol. The normalized spacial score (nSPS) is 12.1. The Balaban J connectivity index is 1.79. The Kier molecular flexibility index (Phi) is 8.63. The molecular weight excluding hydrogens is 378 g/mol. The van der Waals surface area contributed by atoms with Gasteiger partial charge >= 0.3 is 5.97 Å². The minimum Gasteiger partial charge on any atom is -0.456 e. The number of aryl methyl sites for hydroxylation is 2. The minimum absolute atomic E-state index is 0.140. The Morgan fingerprint density at radius 2 is 1.80 bits per heavy atom. The molecule has 1 amide bonds. The summed E-state index contributed by atoms with van der Waals surface area (Å²) in [5.41, 5.74) is 5.40. The zero-order valence-corrected chi connectivity index (χ0v) is 19.1. The van der Waals surface area contributed by atoms with Crippen molar-refractivity contribution in [2.45, 2.75) is 73.4 Å². The van der Waals surface area contributed by atoms with Crippen LogP contribution in [0.4, 0.5) is 0 Å². The summed E-state index contributed by atoms with van der Waals surface area (Å²) in [5, 5.41) is 7.45. The van der Waals surface area contributed by atoms with Crippen molar-refractivity contribution in [1.29, 1.82) is 0 Å². The van der Waals surface area contributed by atoms with E-state index in [1.807, 2.05) is 37.6 Å². The molecule has 1 atom stereocenters. The van der Waals surface area contributed by atoms with E-state index < -0.39 is 0 Å². The predicted octanol–water partition coefficient (Wildman–Crippen LogP) is 4.07. The predicted molar refractivity (Wildman–Crippen MR) is 118 cm³/mol. The molecule has 2 rings (SSSR count). The summed E-state index contributed by atoms with van der Waals surface area (Å²) in [6, 6.07) is 8.01. The van der Waals surface area contributed by atoms with Crippen LogP contribution < -0.4 is 5.32 Å². The van der Waals surface area contributed by atoms with Crippen LogP contribution in [0.15, 0.2) is 24.3 Å². The third-order valence-electron chi connectivity index (χ3n) is 5.28. The molecule has 0 fully saturated rings. The number of nitrogens with zero attached hydrogens (tertiary/aromatic N) is 2. The molecule has 1 unspecified atom stereocenters. The van der Waals surface area contributed by atoms with E-state index in [9.17, 15) is 9.59 Å². The molecule has 6 nitrogen and oxygen atoms in total. The number of nitrogens with one attached hydrogen (secondary N) is 1. The molecule has 0 aliphatic carbocycles. The summed E-state index contributed by atoms with van der Waals surface area (Å²) in [7, 11) is 0. The molecule has 0 radical (unpaired) electrons. The second-order valence-electron chi connectivity index (χ2n) is 8.27. The van der Waals surface area contributed by atoms with Gasteiger partial charge in [0.25, 0.3) is 5.91 Å². The highest BCUT2D eigenvalue weighted by atomic mass is 16.5. The van der Waals surface area contributed by atoms with Crippen molar-refractivity contribution in [2.24, 2.45) is 5.92 Å². The van der Waals surface area contributed by atoms with Gasteiger partial charge in [0.2, 0.25) is 0 Å². The molecule has 0 saturated heterocycles. The Labute approximate surface area is 180 Å². The minimum atomic E-state index is -0.375. The Bertz CT molecular complexity index is 853. The van der Waals surface area contributed by atoms with Gasteiger partial charge in [0.15, 0.2) is 6.61 Å². The fourth-order valence-electron chi connectivity index (χ4n) is 3.47. The van der Waals surface area contributed by atoms with Gasteiger partial charge < -0.3 is 10.1 Å². The van der Waals surface area contributed by atoms with E-state index in [-0.39, 0.29) is 30.9 Å². The van der Waals surface area contributed by atoms with Gasteiger partial charge in [0.1, 0.15) is 0 Å². The van der Waals surface area contributed by atoms with Crippen LogP contribution >= 0.6 is 0 Å². The molecule has 0 aliphatic heterocycles. The van der Waals surface area contributed by atoms with Gasteiger partial charge in [-0.15, -0.1) is 0 Å². The van der Waals surface area contributed by atoms with Crippen LogP contribution in [0, 0.1) is 19.8 Å².